The van der Waals surface area contributed by atoms with Crippen molar-refractivity contribution in [2.45, 2.75) is 6.42 Å². The fraction of sp³-hybridized carbons (Fsp3) is 0.400. The van der Waals surface area contributed by atoms with Crippen LogP contribution >= 0.6 is 15.9 Å². The Labute approximate surface area is 128 Å². The zero-order chi connectivity index (χ0) is 15.0. The Bertz CT molecular complexity index is 474. The van der Waals surface area contributed by atoms with Crippen molar-refractivity contribution >= 4 is 27.9 Å². The summed E-state index contributed by atoms with van der Waals surface area (Å²) in [6.45, 7) is 1.33. The van der Waals surface area contributed by atoms with Crippen LogP contribution in [-0.2, 0) is 9.53 Å². The molecule has 0 radical (unpaired) electrons. The van der Waals surface area contributed by atoms with Gasteiger partial charge in [-0.3, -0.25) is 4.79 Å². The van der Waals surface area contributed by atoms with Crippen LogP contribution in [0.3, 0.4) is 0 Å². The zero-order valence-corrected chi connectivity index (χ0v) is 13.6. The lowest BCUT2D eigenvalue weighted by Crippen LogP contribution is -2.26. The molecule has 110 valence electrons. The molecule has 5 heteroatoms. The number of ether oxygens (including phenoxy) is 2. The average molecular weight is 342 g/mol. The number of carbonyl (C=O) groups is 1. The summed E-state index contributed by atoms with van der Waals surface area (Å²) < 4.78 is 11.2. The molecule has 1 rings (SSSR count). The Balaban J connectivity index is 2.67. The molecular weight excluding hydrogens is 322 g/mol. The molecule has 0 aromatic heterocycles. The van der Waals surface area contributed by atoms with Gasteiger partial charge in [-0.2, -0.15) is 0 Å². The summed E-state index contributed by atoms with van der Waals surface area (Å²) in [5.41, 5.74) is 0.862. The summed E-state index contributed by atoms with van der Waals surface area (Å²) in [6.07, 6.45) is 4.14. The quantitative estimate of drug-likeness (QED) is 0.565. The maximum atomic E-state index is 11.9. The largest absolute Gasteiger partial charge is 0.496 e. The molecular formula is C15H20BrNO3. The molecule has 0 heterocycles. The van der Waals surface area contributed by atoms with Gasteiger partial charge in [-0.25, -0.2) is 0 Å². The van der Waals surface area contributed by atoms with Gasteiger partial charge < -0.3 is 14.4 Å². The van der Waals surface area contributed by atoms with Crippen molar-refractivity contribution in [2.75, 3.05) is 34.4 Å². The fourth-order valence-corrected chi connectivity index (χ4v) is 2.06. The number of benzene rings is 1. The third kappa shape index (κ3) is 5.35. The fourth-order valence-electron chi connectivity index (χ4n) is 1.68. The predicted octanol–water partition coefficient (Wildman–Crippen LogP) is 2.97. The Morgan fingerprint density at radius 1 is 1.40 bits per heavy atom. The van der Waals surface area contributed by atoms with Crippen molar-refractivity contribution in [2.24, 2.45) is 0 Å². The van der Waals surface area contributed by atoms with E-state index in [4.69, 9.17) is 9.47 Å². The summed E-state index contributed by atoms with van der Waals surface area (Å²) >= 11 is 3.40. The molecule has 1 aromatic carbocycles. The Kier molecular flexibility index (Phi) is 7.33. The summed E-state index contributed by atoms with van der Waals surface area (Å²) in [5.74, 6) is 0.697. The van der Waals surface area contributed by atoms with Crippen molar-refractivity contribution in [3.05, 3.63) is 34.3 Å². The van der Waals surface area contributed by atoms with Gasteiger partial charge in [-0.05, 0) is 30.7 Å². The number of rotatable bonds is 7. The lowest BCUT2D eigenvalue weighted by molar-refractivity contribution is -0.124. The number of likely N-dealkylation sites (N-methyl/N-ethyl adjacent to an activating group) is 1. The highest BCUT2D eigenvalue weighted by molar-refractivity contribution is 9.10. The maximum absolute atomic E-state index is 11.9. The minimum atomic E-state index is -0.0388. The number of halogens is 1. The molecule has 0 aliphatic heterocycles. The second-order valence-electron chi connectivity index (χ2n) is 4.33. The van der Waals surface area contributed by atoms with Crippen molar-refractivity contribution < 1.29 is 14.3 Å². The summed E-state index contributed by atoms with van der Waals surface area (Å²) in [7, 11) is 5.04. The smallest absolute Gasteiger partial charge is 0.246 e. The Hall–Kier alpha value is -1.33. The van der Waals surface area contributed by atoms with E-state index in [-0.39, 0.29) is 5.91 Å². The van der Waals surface area contributed by atoms with E-state index in [9.17, 15) is 4.79 Å². The van der Waals surface area contributed by atoms with Gasteiger partial charge in [0.25, 0.3) is 0 Å². The molecule has 0 aliphatic rings. The minimum absolute atomic E-state index is 0.0388. The van der Waals surface area contributed by atoms with Gasteiger partial charge >= 0.3 is 0 Å². The third-order valence-electron chi connectivity index (χ3n) is 2.82. The maximum Gasteiger partial charge on any atom is 0.246 e. The highest BCUT2D eigenvalue weighted by atomic mass is 79.9. The first-order chi connectivity index (χ1) is 9.58. The lowest BCUT2D eigenvalue weighted by Gasteiger charge is -2.14. The standard InChI is InChI=1S/C15H20BrNO3/c1-17(9-4-10-19-2)15(18)8-5-12-11-13(16)6-7-14(12)20-3/h5-8,11H,4,9-10H2,1-3H3/b8-5+. The first-order valence-corrected chi connectivity index (χ1v) is 7.13. The van der Waals surface area contributed by atoms with Gasteiger partial charge in [0, 0.05) is 43.4 Å². The van der Waals surface area contributed by atoms with Crippen LogP contribution in [0.15, 0.2) is 28.7 Å². The molecule has 0 aliphatic carbocycles. The van der Waals surface area contributed by atoms with Crippen LogP contribution in [0.25, 0.3) is 6.08 Å². The molecule has 1 aromatic rings. The van der Waals surface area contributed by atoms with E-state index in [2.05, 4.69) is 15.9 Å². The van der Waals surface area contributed by atoms with Crippen molar-refractivity contribution in [3.8, 4) is 5.75 Å². The summed E-state index contributed by atoms with van der Waals surface area (Å²) in [6, 6.07) is 5.67. The first kappa shape index (κ1) is 16.7. The van der Waals surface area contributed by atoms with Crippen LogP contribution in [0.4, 0.5) is 0 Å². The van der Waals surface area contributed by atoms with Crippen LogP contribution < -0.4 is 4.74 Å². The number of amides is 1. The monoisotopic (exact) mass is 341 g/mol. The molecule has 20 heavy (non-hydrogen) atoms. The van der Waals surface area contributed by atoms with Crippen LogP contribution in [0.2, 0.25) is 0 Å². The van der Waals surface area contributed by atoms with Crippen LogP contribution in [0, 0.1) is 0 Å². The van der Waals surface area contributed by atoms with Crippen molar-refractivity contribution in [1.29, 1.82) is 0 Å². The molecule has 1 amide bonds. The Morgan fingerprint density at radius 2 is 2.15 bits per heavy atom. The number of methoxy groups -OCH3 is 2. The number of hydrogen-bond donors (Lipinski definition) is 0. The van der Waals surface area contributed by atoms with E-state index in [1.165, 1.54) is 0 Å². The number of hydrogen-bond acceptors (Lipinski definition) is 3. The summed E-state index contributed by atoms with van der Waals surface area (Å²) in [5, 5.41) is 0. The predicted molar refractivity (Wildman–Crippen MR) is 83.9 cm³/mol. The second-order valence-corrected chi connectivity index (χ2v) is 5.24. The molecule has 0 fully saturated rings. The highest BCUT2D eigenvalue weighted by Gasteiger charge is 2.05. The molecule has 0 bridgehead atoms. The second kappa shape index (κ2) is 8.76. The lowest BCUT2D eigenvalue weighted by atomic mass is 10.2. The van der Waals surface area contributed by atoms with E-state index < -0.39 is 0 Å². The van der Waals surface area contributed by atoms with Crippen LogP contribution in [-0.4, -0.2) is 45.2 Å². The molecule has 0 unspecified atom stereocenters. The van der Waals surface area contributed by atoms with Gasteiger partial charge in [0.1, 0.15) is 5.75 Å². The molecule has 0 saturated carbocycles. The first-order valence-electron chi connectivity index (χ1n) is 6.34. The Morgan fingerprint density at radius 3 is 2.80 bits per heavy atom. The molecule has 0 spiro atoms. The van der Waals surface area contributed by atoms with Gasteiger partial charge in [0.15, 0.2) is 0 Å². The van der Waals surface area contributed by atoms with E-state index >= 15 is 0 Å². The number of carbonyl (C=O) groups excluding carboxylic acids is 1. The van der Waals surface area contributed by atoms with E-state index in [0.717, 1.165) is 22.2 Å². The van der Waals surface area contributed by atoms with Gasteiger partial charge in [-0.15, -0.1) is 0 Å². The topological polar surface area (TPSA) is 38.8 Å². The van der Waals surface area contributed by atoms with Gasteiger partial charge in [-0.1, -0.05) is 15.9 Å². The number of nitrogens with zero attached hydrogens (tertiary/aromatic N) is 1. The minimum Gasteiger partial charge on any atom is -0.496 e. The normalized spacial score (nSPS) is 10.8. The van der Waals surface area contributed by atoms with Crippen molar-refractivity contribution in [3.63, 3.8) is 0 Å². The van der Waals surface area contributed by atoms with Gasteiger partial charge in [0.2, 0.25) is 5.91 Å². The van der Waals surface area contributed by atoms with Gasteiger partial charge in [0.05, 0.1) is 7.11 Å². The van der Waals surface area contributed by atoms with Crippen LogP contribution in [0.1, 0.15) is 12.0 Å². The van der Waals surface area contributed by atoms with E-state index in [1.54, 1.807) is 38.3 Å². The van der Waals surface area contributed by atoms with E-state index in [1.807, 2.05) is 18.2 Å². The molecule has 4 nitrogen and oxygen atoms in total. The van der Waals surface area contributed by atoms with E-state index in [0.29, 0.717) is 13.2 Å². The zero-order valence-electron chi connectivity index (χ0n) is 12.1. The highest BCUT2D eigenvalue weighted by Crippen LogP contribution is 2.24. The molecule has 0 saturated heterocycles. The van der Waals surface area contributed by atoms with Crippen LogP contribution in [0.5, 0.6) is 5.75 Å². The SMILES string of the molecule is COCCCN(C)C(=O)/C=C/c1cc(Br)ccc1OC. The average Bonchev–Trinajstić information content (AvgIpc) is 2.45. The molecule has 0 N–H and O–H groups in total. The van der Waals surface area contributed by atoms with Crippen molar-refractivity contribution in [1.82, 2.24) is 4.90 Å². The third-order valence-corrected chi connectivity index (χ3v) is 3.31. The molecule has 0 atom stereocenters. The summed E-state index contributed by atoms with van der Waals surface area (Å²) in [4.78, 5) is 13.6.